The van der Waals surface area contributed by atoms with E-state index < -0.39 is 0 Å². The Kier molecular flexibility index (Phi) is 3.66. The smallest absolute Gasteiger partial charge is 0.224 e. The molecule has 0 amide bonds. The predicted molar refractivity (Wildman–Crippen MR) is 84.9 cm³/mol. The summed E-state index contributed by atoms with van der Waals surface area (Å²) in [6.45, 7) is 5.26. The lowest BCUT2D eigenvalue weighted by atomic mass is 10.2. The summed E-state index contributed by atoms with van der Waals surface area (Å²) < 4.78 is 0. The Labute approximate surface area is 124 Å². The van der Waals surface area contributed by atoms with Crippen molar-refractivity contribution in [3.63, 3.8) is 0 Å². The van der Waals surface area contributed by atoms with E-state index in [4.69, 9.17) is 11.6 Å². The van der Waals surface area contributed by atoms with Crippen molar-refractivity contribution in [2.24, 2.45) is 0 Å². The summed E-state index contributed by atoms with van der Waals surface area (Å²) in [5.74, 6) is 0.906. The molecule has 106 valence electrons. The van der Waals surface area contributed by atoms with Crippen molar-refractivity contribution >= 4 is 34.0 Å². The first kappa shape index (κ1) is 13.4. The molecule has 5 heteroatoms. The first-order chi connectivity index (χ1) is 9.69. The zero-order valence-electron chi connectivity index (χ0n) is 11.9. The number of halogens is 1. The molecular weight excluding hydrogens is 272 g/mol. The fraction of sp³-hybridized carbons (Fsp3) is 0.467. The number of hydrogen-bond acceptors (Lipinski definition) is 4. The summed E-state index contributed by atoms with van der Waals surface area (Å²) in [5, 5.41) is 1.38. The Morgan fingerprint density at radius 1 is 1.25 bits per heavy atom. The Hall–Kier alpha value is -1.55. The second kappa shape index (κ2) is 5.44. The molecule has 0 spiro atoms. The van der Waals surface area contributed by atoms with E-state index in [1.807, 2.05) is 13.1 Å². The average Bonchev–Trinajstić information content (AvgIpc) is 2.99. The number of benzene rings is 1. The van der Waals surface area contributed by atoms with Gasteiger partial charge in [-0.15, -0.1) is 0 Å². The van der Waals surface area contributed by atoms with E-state index in [-0.39, 0.29) is 0 Å². The largest absolute Gasteiger partial charge is 0.372 e. The monoisotopic (exact) mass is 290 g/mol. The van der Waals surface area contributed by atoms with Gasteiger partial charge in [-0.1, -0.05) is 0 Å². The molecule has 0 saturated carbocycles. The van der Waals surface area contributed by atoms with Crippen LogP contribution in [0.25, 0.3) is 10.9 Å². The molecule has 1 aromatic heterocycles. The maximum Gasteiger partial charge on any atom is 0.224 e. The molecule has 0 aliphatic carbocycles. The molecule has 1 aliphatic heterocycles. The van der Waals surface area contributed by atoms with Gasteiger partial charge in [-0.25, -0.2) is 4.98 Å². The molecule has 0 unspecified atom stereocenters. The quantitative estimate of drug-likeness (QED) is 0.812. The van der Waals surface area contributed by atoms with Crippen molar-refractivity contribution < 1.29 is 0 Å². The average molecular weight is 291 g/mol. The maximum absolute atomic E-state index is 6.03. The predicted octanol–water partition coefficient (Wildman–Crippen LogP) is 3.34. The molecule has 3 rings (SSSR count). The van der Waals surface area contributed by atoms with E-state index in [1.54, 1.807) is 0 Å². The molecule has 0 bridgehead atoms. The minimum absolute atomic E-state index is 0.307. The molecule has 1 aliphatic rings. The molecule has 0 atom stereocenters. The molecule has 1 fully saturated rings. The number of fused-ring (bicyclic) bond motifs is 1. The molecule has 0 N–H and O–H groups in total. The van der Waals surface area contributed by atoms with Gasteiger partial charge in [0.25, 0.3) is 0 Å². The van der Waals surface area contributed by atoms with Gasteiger partial charge < -0.3 is 9.80 Å². The van der Waals surface area contributed by atoms with Gasteiger partial charge in [-0.05, 0) is 49.6 Å². The normalized spacial score (nSPS) is 15.1. The lowest BCUT2D eigenvalue weighted by Gasteiger charge is -2.21. The van der Waals surface area contributed by atoms with Crippen molar-refractivity contribution in [1.82, 2.24) is 9.97 Å². The second-order valence-electron chi connectivity index (χ2n) is 5.23. The van der Waals surface area contributed by atoms with Crippen LogP contribution >= 0.6 is 11.6 Å². The van der Waals surface area contributed by atoms with Gasteiger partial charge >= 0.3 is 0 Å². The Balaban J connectivity index is 2.13. The van der Waals surface area contributed by atoms with Crippen molar-refractivity contribution in [3.05, 3.63) is 23.5 Å². The van der Waals surface area contributed by atoms with Crippen molar-refractivity contribution in [2.45, 2.75) is 19.8 Å². The van der Waals surface area contributed by atoms with Crippen LogP contribution in [0.5, 0.6) is 0 Å². The first-order valence-corrected chi connectivity index (χ1v) is 7.50. The van der Waals surface area contributed by atoms with E-state index in [0.717, 1.165) is 36.4 Å². The van der Waals surface area contributed by atoms with Crippen LogP contribution in [-0.2, 0) is 0 Å². The van der Waals surface area contributed by atoms with Gasteiger partial charge in [0.15, 0.2) is 0 Å². The molecule has 4 nitrogen and oxygen atoms in total. The SMILES string of the molecule is CCN(C)c1nc(Cl)nc2ccc(N3CCCC3)cc12. The summed E-state index contributed by atoms with van der Waals surface area (Å²) in [5.41, 5.74) is 2.16. The van der Waals surface area contributed by atoms with Crippen LogP contribution in [0, 0.1) is 0 Å². The third-order valence-electron chi connectivity index (χ3n) is 3.94. The van der Waals surface area contributed by atoms with Gasteiger partial charge in [-0.2, -0.15) is 4.98 Å². The highest BCUT2D eigenvalue weighted by molar-refractivity contribution is 6.28. The third-order valence-corrected chi connectivity index (χ3v) is 4.11. The molecule has 1 aromatic carbocycles. The molecular formula is C15H19ClN4. The molecule has 1 saturated heterocycles. The number of rotatable bonds is 3. The third kappa shape index (κ3) is 2.40. The molecule has 20 heavy (non-hydrogen) atoms. The minimum atomic E-state index is 0.307. The van der Waals surface area contributed by atoms with E-state index in [9.17, 15) is 0 Å². The molecule has 0 radical (unpaired) electrons. The van der Waals surface area contributed by atoms with Crippen LogP contribution in [0.4, 0.5) is 11.5 Å². The topological polar surface area (TPSA) is 32.3 Å². The van der Waals surface area contributed by atoms with Crippen molar-refractivity contribution in [1.29, 1.82) is 0 Å². The summed E-state index contributed by atoms with van der Waals surface area (Å²) in [7, 11) is 2.03. The number of aromatic nitrogens is 2. The van der Waals surface area contributed by atoms with Crippen LogP contribution in [0.1, 0.15) is 19.8 Å². The van der Waals surface area contributed by atoms with Gasteiger partial charge in [0.1, 0.15) is 5.82 Å². The Morgan fingerprint density at radius 3 is 2.70 bits per heavy atom. The zero-order valence-corrected chi connectivity index (χ0v) is 12.7. The van der Waals surface area contributed by atoms with Crippen LogP contribution in [-0.4, -0.2) is 36.6 Å². The molecule has 2 heterocycles. The summed E-state index contributed by atoms with van der Waals surface area (Å²) in [6.07, 6.45) is 2.55. The van der Waals surface area contributed by atoms with Crippen LogP contribution in [0.2, 0.25) is 5.28 Å². The highest BCUT2D eigenvalue weighted by atomic mass is 35.5. The Bertz CT molecular complexity index is 623. The van der Waals surface area contributed by atoms with Crippen LogP contribution in [0.15, 0.2) is 18.2 Å². The highest BCUT2D eigenvalue weighted by Crippen LogP contribution is 2.30. The fourth-order valence-corrected chi connectivity index (χ4v) is 2.86. The van der Waals surface area contributed by atoms with E-state index >= 15 is 0 Å². The van der Waals surface area contributed by atoms with Crippen LogP contribution in [0.3, 0.4) is 0 Å². The maximum atomic E-state index is 6.03. The number of anilines is 2. The van der Waals surface area contributed by atoms with Crippen LogP contribution < -0.4 is 9.80 Å². The summed E-state index contributed by atoms with van der Waals surface area (Å²) in [4.78, 5) is 13.3. The standard InChI is InChI=1S/C15H19ClN4/c1-3-19(2)14-12-10-11(20-8-4-5-9-20)6-7-13(12)17-15(16)18-14/h6-7,10H,3-5,8-9H2,1-2H3. The van der Waals surface area contributed by atoms with Gasteiger partial charge in [-0.3, -0.25) is 0 Å². The van der Waals surface area contributed by atoms with Gasteiger partial charge in [0.2, 0.25) is 5.28 Å². The number of hydrogen-bond donors (Lipinski definition) is 0. The lowest BCUT2D eigenvalue weighted by Crippen LogP contribution is -2.19. The van der Waals surface area contributed by atoms with E-state index in [1.165, 1.54) is 18.5 Å². The fourth-order valence-electron chi connectivity index (χ4n) is 2.69. The molecule has 2 aromatic rings. The highest BCUT2D eigenvalue weighted by Gasteiger charge is 2.15. The Morgan fingerprint density at radius 2 is 2.00 bits per heavy atom. The van der Waals surface area contributed by atoms with Gasteiger partial charge in [0, 0.05) is 37.8 Å². The van der Waals surface area contributed by atoms with Crippen molar-refractivity contribution in [3.8, 4) is 0 Å². The van der Waals surface area contributed by atoms with E-state index in [2.05, 4.69) is 38.8 Å². The minimum Gasteiger partial charge on any atom is -0.372 e. The van der Waals surface area contributed by atoms with Gasteiger partial charge in [0.05, 0.1) is 5.52 Å². The number of nitrogens with zero attached hydrogens (tertiary/aromatic N) is 4. The first-order valence-electron chi connectivity index (χ1n) is 7.12. The summed E-state index contributed by atoms with van der Waals surface area (Å²) >= 11 is 6.03. The van der Waals surface area contributed by atoms with Crippen molar-refractivity contribution in [2.75, 3.05) is 36.5 Å². The second-order valence-corrected chi connectivity index (χ2v) is 5.56. The zero-order chi connectivity index (χ0) is 14.1. The lowest BCUT2D eigenvalue weighted by molar-refractivity contribution is 0.938. The van der Waals surface area contributed by atoms with E-state index in [0.29, 0.717) is 5.28 Å². The summed E-state index contributed by atoms with van der Waals surface area (Å²) in [6, 6.07) is 6.37.